The average molecular weight is 371 g/mol. The molecule has 1 heterocycles. The molecule has 2 aliphatic rings. The number of ketones is 1. The van der Waals surface area contributed by atoms with Crippen LogP contribution < -0.4 is 10.1 Å². The molecule has 0 bridgehead atoms. The SMILES string of the molecule is COc1ccc2c(c1)CCNC1(CC1S(=O)(=O)c1cccc(C)c1)C2=O. The van der Waals surface area contributed by atoms with E-state index in [1.54, 1.807) is 37.4 Å². The third-order valence-corrected chi connectivity index (χ3v) is 7.62. The highest BCUT2D eigenvalue weighted by Crippen LogP contribution is 2.48. The molecule has 4 rings (SSSR count). The fourth-order valence-electron chi connectivity index (χ4n) is 3.86. The Morgan fingerprint density at radius 3 is 2.73 bits per heavy atom. The van der Waals surface area contributed by atoms with E-state index in [2.05, 4.69) is 5.32 Å². The molecule has 2 aromatic rings. The summed E-state index contributed by atoms with van der Waals surface area (Å²) in [5.74, 6) is 0.570. The Morgan fingerprint density at radius 1 is 1.19 bits per heavy atom. The van der Waals surface area contributed by atoms with Gasteiger partial charge < -0.3 is 10.1 Å². The lowest BCUT2D eigenvalue weighted by atomic mass is 9.97. The number of carbonyl (C=O) groups excluding carboxylic acids is 1. The van der Waals surface area contributed by atoms with Crippen molar-refractivity contribution in [3.05, 3.63) is 59.2 Å². The maximum Gasteiger partial charge on any atom is 0.184 e. The summed E-state index contributed by atoms with van der Waals surface area (Å²) in [5, 5.41) is 2.51. The second-order valence-electron chi connectivity index (χ2n) is 7.05. The van der Waals surface area contributed by atoms with Crippen molar-refractivity contribution in [2.75, 3.05) is 13.7 Å². The number of rotatable bonds is 3. The van der Waals surface area contributed by atoms with Gasteiger partial charge in [0.25, 0.3) is 0 Å². The third kappa shape index (κ3) is 2.56. The molecule has 0 amide bonds. The molecule has 0 aromatic heterocycles. The Labute approximate surface area is 153 Å². The van der Waals surface area contributed by atoms with Crippen molar-refractivity contribution in [2.45, 2.75) is 35.4 Å². The Balaban J connectivity index is 1.71. The number of methoxy groups -OCH3 is 1. The van der Waals surface area contributed by atoms with E-state index in [-0.39, 0.29) is 10.7 Å². The van der Waals surface area contributed by atoms with Gasteiger partial charge in [-0.25, -0.2) is 8.42 Å². The van der Waals surface area contributed by atoms with Crippen LogP contribution in [-0.2, 0) is 16.3 Å². The maximum atomic E-state index is 13.2. The van der Waals surface area contributed by atoms with Crippen LogP contribution >= 0.6 is 0 Å². The quantitative estimate of drug-likeness (QED) is 0.896. The summed E-state index contributed by atoms with van der Waals surface area (Å²) in [6.07, 6.45) is 0.977. The second-order valence-corrected chi connectivity index (χ2v) is 9.19. The Kier molecular flexibility index (Phi) is 3.93. The van der Waals surface area contributed by atoms with Gasteiger partial charge in [0.15, 0.2) is 15.6 Å². The zero-order valence-corrected chi connectivity index (χ0v) is 15.6. The van der Waals surface area contributed by atoms with E-state index in [1.165, 1.54) is 0 Å². The molecule has 136 valence electrons. The number of aryl methyl sites for hydroxylation is 1. The molecule has 5 nitrogen and oxygen atoms in total. The molecule has 1 N–H and O–H groups in total. The minimum atomic E-state index is -3.57. The number of benzene rings is 2. The van der Waals surface area contributed by atoms with Gasteiger partial charge in [-0.2, -0.15) is 0 Å². The first-order valence-electron chi connectivity index (χ1n) is 8.66. The van der Waals surface area contributed by atoms with E-state index in [9.17, 15) is 13.2 Å². The number of fused-ring (bicyclic) bond motifs is 1. The van der Waals surface area contributed by atoms with E-state index in [1.807, 2.05) is 19.1 Å². The summed E-state index contributed by atoms with van der Waals surface area (Å²) in [7, 11) is -1.98. The lowest BCUT2D eigenvalue weighted by Crippen LogP contribution is -2.43. The normalized spacial score (nSPS) is 24.8. The van der Waals surface area contributed by atoms with Crippen LogP contribution in [0.3, 0.4) is 0 Å². The summed E-state index contributed by atoms with van der Waals surface area (Å²) < 4.78 is 31.4. The van der Waals surface area contributed by atoms with Gasteiger partial charge in [-0.3, -0.25) is 4.79 Å². The number of hydrogen-bond acceptors (Lipinski definition) is 5. The van der Waals surface area contributed by atoms with E-state index in [4.69, 9.17) is 4.74 Å². The minimum Gasteiger partial charge on any atom is -0.497 e. The molecule has 1 spiro atoms. The molecule has 2 aromatic carbocycles. The van der Waals surface area contributed by atoms with Crippen LogP contribution in [0.4, 0.5) is 0 Å². The molecule has 26 heavy (non-hydrogen) atoms. The highest BCUT2D eigenvalue weighted by atomic mass is 32.2. The van der Waals surface area contributed by atoms with E-state index in [0.29, 0.717) is 30.7 Å². The summed E-state index contributed by atoms with van der Waals surface area (Å²) >= 11 is 0. The van der Waals surface area contributed by atoms with Crippen molar-refractivity contribution < 1.29 is 17.9 Å². The van der Waals surface area contributed by atoms with E-state index in [0.717, 1.165) is 11.1 Å². The van der Waals surface area contributed by atoms with Gasteiger partial charge in [0.1, 0.15) is 11.3 Å². The molecule has 1 aliphatic carbocycles. The Bertz CT molecular complexity index is 999. The van der Waals surface area contributed by atoms with Gasteiger partial charge in [0.05, 0.1) is 17.3 Å². The van der Waals surface area contributed by atoms with Crippen LogP contribution in [0, 0.1) is 6.92 Å². The fraction of sp³-hybridized carbons (Fsp3) is 0.350. The first-order valence-corrected chi connectivity index (χ1v) is 10.2. The molecular formula is C20H21NO4S. The van der Waals surface area contributed by atoms with E-state index < -0.39 is 20.6 Å². The van der Waals surface area contributed by atoms with Crippen molar-refractivity contribution in [1.29, 1.82) is 0 Å². The predicted octanol–water partition coefficient (Wildman–Crippen LogP) is 2.32. The number of sulfone groups is 1. The molecule has 1 saturated carbocycles. The van der Waals surface area contributed by atoms with Crippen LogP contribution in [-0.4, -0.2) is 38.6 Å². The molecular weight excluding hydrogens is 350 g/mol. The number of nitrogens with one attached hydrogen (secondary N) is 1. The maximum absolute atomic E-state index is 13.2. The molecule has 1 fully saturated rings. The summed E-state index contributed by atoms with van der Waals surface area (Å²) in [6.45, 7) is 2.42. The van der Waals surface area contributed by atoms with Crippen molar-refractivity contribution in [1.82, 2.24) is 5.32 Å². The van der Waals surface area contributed by atoms with Crippen molar-refractivity contribution >= 4 is 15.6 Å². The van der Waals surface area contributed by atoms with Crippen molar-refractivity contribution in [3.8, 4) is 5.75 Å². The highest BCUT2D eigenvalue weighted by molar-refractivity contribution is 7.92. The number of carbonyl (C=O) groups is 1. The number of hydrogen-bond donors (Lipinski definition) is 1. The zero-order chi connectivity index (χ0) is 18.5. The van der Waals surface area contributed by atoms with Crippen LogP contribution in [0.5, 0.6) is 5.75 Å². The molecule has 0 radical (unpaired) electrons. The number of Topliss-reactive ketones (excluding diaryl/α,β-unsaturated/α-hetero) is 1. The summed E-state index contributed by atoms with van der Waals surface area (Å²) in [5.41, 5.74) is 1.37. The molecule has 0 saturated heterocycles. The highest BCUT2D eigenvalue weighted by Gasteiger charge is 2.66. The molecule has 1 aliphatic heterocycles. The monoisotopic (exact) mass is 371 g/mol. The minimum absolute atomic E-state index is 0.131. The van der Waals surface area contributed by atoms with Gasteiger partial charge in [0.2, 0.25) is 0 Å². The largest absolute Gasteiger partial charge is 0.497 e. The van der Waals surface area contributed by atoms with Crippen LogP contribution in [0.2, 0.25) is 0 Å². The lowest BCUT2D eigenvalue weighted by molar-refractivity contribution is 0.0932. The Hall–Kier alpha value is -2.18. The molecule has 6 heteroatoms. The third-order valence-electron chi connectivity index (χ3n) is 5.39. The first kappa shape index (κ1) is 17.2. The summed E-state index contributed by atoms with van der Waals surface area (Å²) in [4.78, 5) is 13.5. The van der Waals surface area contributed by atoms with Gasteiger partial charge in [-0.15, -0.1) is 0 Å². The van der Waals surface area contributed by atoms with Gasteiger partial charge in [0, 0.05) is 12.1 Å². The van der Waals surface area contributed by atoms with Crippen molar-refractivity contribution in [3.63, 3.8) is 0 Å². The summed E-state index contributed by atoms with van der Waals surface area (Å²) in [6, 6.07) is 12.2. The first-order chi connectivity index (χ1) is 12.4. The average Bonchev–Trinajstić information content (AvgIpc) is 3.39. The molecule has 2 unspecified atom stereocenters. The topological polar surface area (TPSA) is 72.5 Å². The second kappa shape index (κ2) is 5.93. The smallest absolute Gasteiger partial charge is 0.184 e. The van der Waals surface area contributed by atoms with Gasteiger partial charge in [-0.1, -0.05) is 12.1 Å². The standard InChI is InChI=1S/C20H21NO4S/c1-13-4-3-5-16(10-13)26(23,24)18-12-20(18)19(22)17-7-6-15(25-2)11-14(17)8-9-21-20/h3-7,10-11,18,21H,8-9,12H2,1-2H3. The fourth-order valence-corrected chi connectivity index (χ4v) is 6.01. The molecule has 2 atom stereocenters. The lowest BCUT2D eigenvalue weighted by Gasteiger charge is -2.16. The van der Waals surface area contributed by atoms with Crippen LogP contribution in [0.25, 0.3) is 0 Å². The van der Waals surface area contributed by atoms with Crippen molar-refractivity contribution in [2.24, 2.45) is 0 Å². The van der Waals surface area contributed by atoms with Crippen LogP contribution in [0.1, 0.15) is 27.9 Å². The zero-order valence-electron chi connectivity index (χ0n) is 14.8. The predicted molar refractivity (Wildman–Crippen MR) is 98.5 cm³/mol. The number of ether oxygens (including phenoxy) is 1. The van der Waals surface area contributed by atoms with Crippen LogP contribution in [0.15, 0.2) is 47.4 Å². The van der Waals surface area contributed by atoms with Gasteiger partial charge >= 0.3 is 0 Å². The van der Waals surface area contributed by atoms with E-state index >= 15 is 0 Å². The van der Waals surface area contributed by atoms with Gasteiger partial charge in [-0.05, 0) is 61.2 Å². The Morgan fingerprint density at radius 2 is 2.00 bits per heavy atom.